The minimum Gasteiger partial charge on any atom is -0.616 e. The highest BCUT2D eigenvalue weighted by atomic mass is 32.2. The Morgan fingerprint density at radius 2 is 1.91 bits per heavy atom. The maximum absolute atomic E-state index is 13.1. The molecule has 4 fully saturated rings. The Balaban J connectivity index is 1.39. The SMILES string of the molecule is CN(Cc1cccs1)C(=O)C[S+]([O-])C12CC3CC(CC(C3)C1)C2. The summed E-state index contributed by atoms with van der Waals surface area (Å²) in [5.74, 6) is 2.60. The fourth-order valence-electron chi connectivity index (χ4n) is 5.41. The summed E-state index contributed by atoms with van der Waals surface area (Å²) in [6, 6.07) is 4.05. The molecule has 1 unspecified atom stereocenters. The molecule has 0 saturated heterocycles. The van der Waals surface area contributed by atoms with Gasteiger partial charge in [0.2, 0.25) is 0 Å². The first kappa shape index (κ1) is 16.0. The summed E-state index contributed by atoms with van der Waals surface area (Å²) >= 11 is 0.653. The predicted octanol–water partition coefficient (Wildman–Crippen LogP) is 3.42. The molecule has 0 spiro atoms. The zero-order valence-corrected chi connectivity index (χ0v) is 15.3. The van der Waals surface area contributed by atoms with Crippen LogP contribution in [0, 0.1) is 17.8 Å². The number of carbonyl (C=O) groups excluding carboxylic acids is 1. The van der Waals surface area contributed by atoms with Crippen LogP contribution in [0.25, 0.3) is 0 Å². The Hall–Kier alpha value is -0.520. The van der Waals surface area contributed by atoms with Crippen molar-refractivity contribution in [3.63, 3.8) is 0 Å². The smallest absolute Gasteiger partial charge is 0.272 e. The Morgan fingerprint density at radius 3 is 2.43 bits per heavy atom. The van der Waals surface area contributed by atoms with Crippen molar-refractivity contribution in [2.24, 2.45) is 17.8 Å². The monoisotopic (exact) mass is 351 g/mol. The van der Waals surface area contributed by atoms with Gasteiger partial charge in [-0.3, -0.25) is 4.79 Å². The third kappa shape index (κ3) is 3.08. The first-order valence-electron chi connectivity index (χ1n) is 8.69. The topological polar surface area (TPSA) is 43.4 Å². The summed E-state index contributed by atoms with van der Waals surface area (Å²) in [7, 11) is 1.83. The first-order chi connectivity index (χ1) is 11.0. The fraction of sp³-hybridized carbons (Fsp3) is 0.722. The van der Waals surface area contributed by atoms with Gasteiger partial charge in [-0.2, -0.15) is 0 Å². The molecular formula is C18H25NO2S2. The van der Waals surface area contributed by atoms with Gasteiger partial charge in [0.1, 0.15) is 4.75 Å². The maximum atomic E-state index is 13.1. The zero-order valence-electron chi connectivity index (χ0n) is 13.7. The summed E-state index contributed by atoms with van der Waals surface area (Å²) in [5.41, 5.74) is 0. The lowest BCUT2D eigenvalue weighted by atomic mass is 9.56. The van der Waals surface area contributed by atoms with E-state index >= 15 is 0 Å². The second kappa shape index (κ2) is 6.08. The molecule has 0 N–H and O–H groups in total. The fourth-order valence-corrected chi connectivity index (χ4v) is 8.18. The van der Waals surface area contributed by atoms with Crippen LogP contribution in [0.1, 0.15) is 43.4 Å². The van der Waals surface area contributed by atoms with Crippen molar-refractivity contribution in [3.8, 4) is 0 Å². The summed E-state index contributed by atoms with van der Waals surface area (Å²) in [6.45, 7) is 0.634. The lowest BCUT2D eigenvalue weighted by Gasteiger charge is -2.55. The molecule has 5 rings (SSSR count). The molecule has 0 aliphatic heterocycles. The van der Waals surface area contributed by atoms with Crippen LogP contribution in [0.5, 0.6) is 0 Å². The molecule has 3 nitrogen and oxygen atoms in total. The third-order valence-corrected chi connectivity index (χ3v) is 8.95. The molecule has 0 aromatic carbocycles. The summed E-state index contributed by atoms with van der Waals surface area (Å²) < 4.78 is 13.0. The molecule has 0 radical (unpaired) electrons. The van der Waals surface area contributed by atoms with Gasteiger partial charge in [-0.15, -0.1) is 11.3 Å². The van der Waals surface area contributed by atoms with E-state index in [2.05, 4.69) is 0 Å². The molecule has 1 heterocycles. The summed E-state index contributed by atoms with van der Waals surface area (Å²) in [5, 5.41) is 2.03. The van der Waals surface area contributed by atoms with E-state index in [-0.39, 0.29) is 16.4 Å². The molecule has 23 heavy (non-hydrogen) atoms. The number of hydrogen-bond acceptors (Lipinski definition) is 3. The molecule has 1 atom stereocenters. The van der Waals surface area contributed by atoms with Crippen molar-refractivity contribution in [2.45, 2.75) is 49.8 Å². The molecular weight excluding hydrogens is 326 g/mol. The highest BCUT2D eigenvalue weighted by Gasteiger charge is 2.57. The van der Waals surface area contributed by atoms with Crippen LogP contribution in [0.3, 0.4) is 0 Å². The van der Waals surface area contributed by atoms with Gasteiger partial charge >= 0.3 is 0 Å². The van der Waals surface area contributed by atoms with Crippen molar-refractivity contribution in [1.29, 1.82) is 0 Å². The van der Waals surface area contributed by atoms with Crippen LogP contribution >= 0.6 is 11.3 Å². The lowest BCUT2D eigenvalue weighted by Crippen LogP contribution is -2.56. The average Bonchev–Trinajstić information content (AvgIpc) is 2.98. The number of nitrogens with zero attached hydrogens (tertiary/aromatic N) is 1. The van der Waals surface area contributed by atoms with Crippen molar-refractivity contribution >= 4 is 28.4 Å². The number of thiophene rings is 1. The quantitative estimate of drug-likeness (QED) is 0.763. The molecule has 4 aliphatic rings. The van der Waals surface area contributed by atoms with Crippen LogP contribution in [0.2, 0.25) is 0 Å². The molecule has 126 valence electrons. The van der Waals surface area contributed by atoms with E-state index in [0.717, 1.165) is 37.0 Å². The molecule has 5 heteroatoms. The van der Waals surface area contributed by atoms with Gasteiger partial charge in [0.25, 0.3) is 5.91 Å². The van der Waals surface area contributed by atoms with Gasteiger partial charge in [-0.1, -0.05) is 6.07 Å². The summed E-state index contributed by atoms with van der Waals surface area (Å²) in [6.07, 6.45) is 7.36. The van der Waals surface area contributed by atoms with Crippen LogP contribution in [0.4, 0.5) is 0 Å². The predicted molar refractivity (Wildman–Crippen MR) is 94.7 cm³/mol. The van der Waals surface area contributed by atoms with Crippen molar-refractivity contribution < 1.29 is 9.35 Å². The minimum atomic E-state index is -1.01. The molecule has 4 saturated carbocycles. The van der Waals surface area contributed by atoms with Crippen molar-refractivity contribution in [3.05, 3.63) is 22.4 Å². The largest absolute Gasteiger partial charge is 0.616 e. The lowest BCUT2D eigenvalue weighted by molar-refractivity contribution is -0.127. The van der Waals surface area contributed by atoms with Gasteiger partial charge in [-0.25, -0.2) is 0 Å². The summed E-state index contributed by atoms with van der Waals surface area (Å²) in [4.78, 5) is 15.4. The number of hydrogen-bond donors (Lipinski definition) is 0. The number of amides is 1. The van der Waals surface area contributed by atoms with Crippen molar-refractivity contribution in [1.82, 2.24) is 4.90 Å². The van der Waals surface area contributed by atoms with E-state index in [1.807, 2.05) is 24.6 Å². The van der Waals surface area contributed by atoms with E-state index in [9.17, 15) is 9.35 Å². The Kier molecular flexibility index (Phi) is 4.23. The molecule has 1 aromatic rings. The molecule has 4 bridgehead atoms. The van der Waals surface area contributed by atoms with Crippen LogP contribution in [-0.2, 0) is 22.5 Å². The third-order valence-electron chi connectivity index (χ3n) is 6.12. The average molecular weight is 352 g/mol. The maximum Gasteiger partial charge on any atom is 0.272 e. The van der Waals surface area contributed by atoms with Gasteiger partial charge in [0.05, 0.1) is 6.54 Å². The van der Waals surface area contributed by atoms with E-state index in [0.29, 0.717) is 6.54 Å². The van der Waals surface area contributed by atoms with E-state index in [4.69, 9.17) is 0 Å². The van der Waals surface area contributed by atoms with Gasteiger partial charge in [0.15, 0.2) is 5.75 Å². The highest BCUT2D eigenvalue weighted by Crippen LogP contribution is 2.58. The van der Waals surface area contributed by atoms with Crippen LogP contribution < -0.4 is 0 Å². The second-order valence-electron chi connectivity index (χ2n) is 7.92. The second-order valence-corrected chi connectivity index (χ2v) is 10.8. The van der Waals surface area contributed by atoms with Crippen molar-refractivity contribution in [2.75, 3.05) is 12.8 Å². The van der Waals surface area contributed by atoms with Crippen LogP contribution in [0.15, 0.2) is 17.5 Å². The Bertz CT molecular complexity index is 536. The Labute approximate surface area is 145 Å². The number of carbonyl (C=O) groups is 1. The Morgan fingerprint density at radius 1 is 1.30 bits per heavy atom. The number of rotatable bonds is 5. The van der Waals surface area contributed by atoms with E-state index in [1.165, 1.54) is 24.1 Å². The van der Waals surface area contributed by atoms with Gasteiger partial charge in [-0.05, 0) is 59.6 Å². The van der Waals surface area contributed by atoms with Crippen LogP contribution in [-0.4, -0.2) is 32.9 Å². The molecule has 1 amide bonds. The molecule has 1 aromatic heterocycles. The zero-order chi connectivity index (χ0) is 16.0. The minimum absolute atomic E-state index is 0.0335. The van der Waals surface area contributed by atoms with Gasteiger partial charge < -0.3 is 9.45 Å². The van der Waals surface area contributed by atoms with Gasteiger partial charge in [0, 0.05) is 31.2 Å². The van der Waals surface area contributed by atoms with E-state index < -0.39 is 11.2 Å². The normalized spacial score (nSPS) is 36.2. The van der Waals surface area contributed by atoms with E-state index in [1.54, 1.807) is 16.2 Å². The first-order valence-corrected chi connectivity index (χ1v) is 10.9. The highest BCUT2D eigenvalue weighted by molar-refractivity contribution is 7.93. The molecule has 4 aliphatic carbocycles. The standard InChI is InChI=1S/C18H25NO2S2/c1-19(11-16-3-2-4-22-16)17(20)12-23(21)18-8-13-5-14(9-18)7-15(6-13)10-18/h2-4,13-15H,5-12H2,1H3.